The summed E-state index contributed by atoms with van der Waals surface area (Å²) in [5.41, 5.74) is 6.75. The van der Waals surface area contributed by atoms with Crippen molar-refractivity contribution in [3.63, 3.8) is 0 Å². The average molecular weight is 418 g/mol. The standard InChI is InChI=1S/C14H18N4O7S2/c1-9-2-5-11(6-3-9)26(20,21)16-13(15)12-7-4-10-8-17(12)14(19)18(10)25-27(22,23)24/h2-3,5-6,10,12H,4,7-8H2,1H3,(H2,15,16)(H,22,23,24)/t10-,12?/m1/s1. The molecule has 3 rings (SSSR count). The minimum absolute atomic E-state index is 0.0335. The van der Waals surface area contributed by atoms with Crippen LogP contribution in [-0.2, 0) is 24.7 Å². The molecule has 0 aromatic heterocycles. The summed E-state index contributed by atoms with van der Waals surface area (Å²) in [6.45, 7) is 1.88. The maximum Gasteiger partial charge on any atom is 0.418 e. The number of hydrogen-bond acceptors (Lipinski definition) is 6. The smallest absolute Gasteiger partial charge is 0.385 e. The van der Waals surface area contributed by atoms with Gasteiger partial charge < -0.3 is 10.6 Å². The zero-order valence-electron chi connectivity index (χ0n) is 14.2. The molecule has 0 spiro atoms. The number of nitrogens with zero attached hydrogens (tertiary/aromatic N) is 3. The fourth-order valence-corrected chi connectivity index (χ4v) is 4.47. The molecule has 2 fully saturated rings. The predicted molar refractivity (Wildman–Crippen MR) is 93.4 cm³/mol. The highest BCUT2D eigenvalue weighted by Gasteiger charge is 2.48. The van der Waals surface area contributed by atoms with E-state index >= 15 is 0 Å². The number of benzene rings is 1. The zero-order valence-corrected chi connectivity index (χ0v) is 15.9. The summed E-state index contributed by atoms with van der Waals surface area (Å²) >= 11 is 0. The molecule has 2 atom stereocenters. The predicted octanol–water partition coefficient (Wildman–Crippen LogP) is 0.0439. The van der Waals surface area contributed by atoms with Crippen LogP contribution < -0.4 is 5.73 Å². The van der Waals surface area contributed by atoms with Gasteiger partial charge in [0.1, 0.15) is 5.84 Å². The van der Waals surface area contributed by atoms with E-state index in [1.54, 1.807) is 12.1 Å². The van der Waals surface area contributed by atoms with Crippen molar-refractivity contribution in [3.05, 3.63) is 29.8 Å². The van der Waals surface area contributed by atoms with Gasteiger partial charge in [-0.05, 0) is 31.9 Å². The summed E-state index contributed by atoms with van der Waals surface area (Å²) in [6, 6.07) is 3.78. The molecule has 27 heavy (non-hydrogen) atoms. The van der Waals surface area contributed by atoms with Crippen LogP contribution in [0.3, 0.4) is 0 Å². The topological polar surface area (TPSA) is 160 Å². The first kappa shape index (κ1) is 19.5. The van der Waals surface area contributed by atoms with Gasteiger partial charge in [-0.2, -0.15) is 21.9 Å². The Hall–Kier alpha value is -2.22. The molecule has 2 aliphatic rings. The third-order valence-corrected chi connectivity index (χ3v) is 6.05. The number of amidine groups is 1. The van der Waals surface area contributed by atoms with Gasteiger partial charge in [0.15, 0.2) is 0 Å². The van der Waals surface area contributed by atoms with Crippen LogP contribution in [0.1, 0.15) is 18.4 Å². The first-order chi connectivity index (χ1) is 12.5. The van der Waals surface area contributed by atoms with E-state index in [2.05, 4.69) is 8.68 Å². The van der Waals surface area contributed by atoms with Gasteiger partial charge in [0.05, 0.1) is 17.0 Å². The summed E-state index contributed by atoms with van der Waals surface area (Å²) in [6.07, 6.45) is 0.559. The first-order valence-corrected chi connectivity index (χ1v) is 10.7. The molecule has 2 heterocycles. The number of urea groups is 1. The van der Waals surface area contributed by atoms with Gasteiger partial charge in [0, 0.05) is 6.54 Å². The molecule has 2 saturated heterocycles. The van der Waals surface area contributed by atoms with Crippen LogP contribution in [0.5, 0.6) is 0 Å². The Bertz CT molecular complexity index is 989. The van der Waals surface area contributed by atoms with Gasteiger partial charge in [-0.3, -0.25) is 4.55 Å². The van der Waals surface area contributed by atoms with E-state index in [0.717, 1.165) is 5.56 Å². The lowest BCUT2D eigenvalue weighted by atomic mass is 10.0. The van der Waals surface area contributed by atoms with Crippen molar-refractivity contribution >= 4 is 32.3 Å². The fraction of sp³-hybridized carbons (Fsp3) is 0.429. The quantitative estimate of drug-likeness (QED) is 0.385. The Labute approximate surface area is 156 Å². The molecule has 2 aliphatic heterocycles. The molecule has 148 valence electrons. The van der Waals surface area contributed by atoms with E-state index in [4.69, 9.17) is 10.3 Å². The number of carbonyl (C=O) groups excluding carboxylic acids is 1. The first-order valence-electron chi connectivity index (χ1n) is 7.92. The highest BCUT2D eigenvalue weighted by molar-refractivity contribution is 7.90. The Morgan fingerprint density at radius 2 is 1.85 bits per heavy atom. The Morgan fingerprint density at radius 1 is 1.22 bits per heavy atom. The monoisotopic (exact) mass is 418 g/mol. The number of hydrogen-bond donors (Lipinski definition) is 2. The highest BCUT2D eigenvalue weighted by Crippen LogP contribution is 2.31. The molecule has 2 amide bonds. The van der Waals surface area contributed by atoms with Crippen molar-refractivity contribution in [1.29, 1.82) is 0 Å². The lowest BCUT2D eigenvalue weighted by molar-refractivity contribution is -0.0316. The van der Waals surface area contributed by atoms with E-state index < -0.39 is 38.5 Å². The second-order valence-electron chi connectivity index (χ2n) is 6.31. The molecule has 0 saturated carbocycles. The van der Waals surface area contributed by atoms with Gasteiger partial charge in [-0.1, -0.05) is 17.7 Å². The third kappa shape index (κ3) is 4.05. The number of amides is 2. The number of rotatable bonds is 5. The van der Waals surface area contributed by atoms with Crippen LogP contribution in [0.15, 0.2) is 33.6 Å². The van der Waals surface area contributed by atoms with E-state index in [1.807, 2.05) is 6.92 Å². The number of aryl methyl sites for hydroxylation is 1. The van der Waals surface area contributed by atoms with Crippen molar-refractivity contribution in [2.75, 3.05) is 6.54 Å². The van der Waals surface area contributed by atoms with Crippen molar-refractivity contribution in [2.24, 2.45) is 10.1 Å². The van der Waals surface area contributed by atoms with Crippen LogP contribution in [0.4, 0.5) is 4.79 Å². The molecule has 0 aliphatic carbocycles. The minimum Gasteiger partial charge on any atom is -0.385 e. The summed E-state index contributed by atoms with van der Waals surface area (Å²) in [5, 5.41) is 0.553. The third-order valence-electron chi connectivity index (χ3n) is 4.38. The second kappa shape index (κ2) is 6.74. The van der Waals surface area contributed by atoms with Gasteiger partial charge in [-0.15, -0.1) is 8.68 Å². The summed E-state index contributed by atoms with van der Waals surface area (Å²) in [4.78, 5) is 13.5. The van der Waals surface area contributed by atoms with E-state index in [1.165, 1.54) is 17.0 Å². The molecular weight excluding hydrogens is 400 g/mol. The normalized spacial score (nSPS) is 23.8. The molecule has 11 nitrogen and oxygen atoms in total. The zero-order chi connectivity index (χ0) is 20.0. The van der Waals surface area contributed by atoms with Crippen molar-refractivity contribution in [3.8, 4) is 0 Å². The number of carbonyl (C=O) groups is 1. The number of sulfonamides is 1. The molecule has 1 unspecified atom stereocenters. The fourth-order valence-electron chi connectivity index (χ4n) is 3.10. The van der Waals surface area contributed by atoms with Crippen molar-refractivity contribution < 1.29 is 30.5 Å². The van der Waals surface area contributed by atoms with Crippen LogP contribution >= 0.6 is 0 Å². The van der Waals surface area contributed by atoms with E-state index in [-0.39, 0.29) is 23.7 Å². The number of nitrogens with two attached hydrogens (primary N) is 1. The van der Waals surface area contributed by atoms with E-state index in [9.17, 15) is 21.6 Å². The summed E-state index contributed by atoms with van der Waals surface area (Å²) in [5.74, 6) is -0.281. The summed E-state index contributed by atoms with van der Waals surface area (Å²) < 4.78 is 63.4. The Balaban J connectivity index is 1.84. The molecule has 0 radical (unpaired) electrons. The molecule has 3 N–H and O–H groups in total. The van der Waals surface area contributed by atoms with Gasteiger partial charge in [-0.25, -0.2) is 4.79 Å². The second-order valence-corrected chi connectivity index (χ2v) is 8.92. The van der Waals surface area contributed by atoms with Crippen molar-refractivity contribution in [1.82, 2.24) is 9.96 Å². The Morgan fingerprint density at radius 3 is 2.44 bits per heavy atom. The molecule has 2 bridgehead atoms. The summed E-state index contributed by atoms with van der Waals surface area (Å²) in [7, 11) is -8.92. The number of hydroxylamine groups is 2. The largest absolute Gasteiger partial charge is 0.418 e. The Kier molecular flexibility index (Phi) is 4.88. The van der Waals surface area contributed by atoms with Crippen LogP contribution in [-0.4, -0.2) is 61.8 Å². The highest BCUT2D eigenvalue weighted by atomic mass is 32.3. The average Bonchev–Trinajstić information content (AvgIpc) is 2.78. The molecule has 1 aromatic rings. The lowest BCUT2D eigenvalue weighted by Crippen LogP contribution is -2.48. The number of piperidine rings is 1. The molecule has 13 heteroatoms. The van der Waals surface area contributed by atoms with Gasteiger partial charge in [0.2, 0.25) is 0 Å². The SMILES string of the molecule is Cc1ccc(S(=O)(=O)/N=C(\N)C2CC[C@@H]3CN2C(=O)N3OS(=O)(=O)O)cc1. The van der Waals surface area contributed by atoms with Gasteiger partial charge >= 0.3 is 16.4 Å². The maximum atomic E-state index is 12.4. The van der Waals surface area contributed by atoms with Crippen molar-refractivity contribution in [2.45, 2.75) is 36.7 Å². The van der Waals surface area contributed by atoms with Crippen LogP contribution in [0.2, 0.25) is 0 Å². The molecule has 1 aromatic carbocycles. The lowest BCUT2D eigenvalue weighted by Gasteiger charge is -2.29. The van der Waals surface area contributed by atoms with E-state index in [0.29, 0.717) is 11.5 Å². The molecular formula is C14H18N4O7S2. The number of fused-ring (bicyclic) bond motifs is 2. The van der Waals surface area contributed by atoms with Crippen LogP contribution in [0.25, 0.3) is 0 Å². The van der Waals surface area contributed by atoms with Gasteiger partial charge in [0.25, 0.3) is 10.0 Å². The van der Waals surface area contributed by atoms with Crippen LogP contribution in [0, 0.1) is 6.92 Å². The maximum absolute atomic E-state index is 12.4. The minimum atomic E-state index is -4.86.